The molecule has 1 N–H and O–H groups in total. The first-order valence-corrected chi connectivity index (χ1v) is 8.98. The van der Waals surface area contributed by atoms with Crippen molar-refractivity contribution in [3.05, 3.63) is 34.9 Å². The number of piperidine rings is 1. The number of hydrogen-bond donors (Lipinski definition) is 1. The second kappa shape index (κ2) is 6.24. The first-order valence-electron chi connectivity index (χ1n) is 7.09. The van der Waals surface area contributed by atoms with E-state index in [9.17, 15) is 8.42 Å². The Labute approximate surface area is 122 Å². The third-order valence-electron chi connectivity index (χ3n) is 3.78. The highest BCUT2D eigenvalue weighted by atomic mass is 32.2. The maximum atomic E-state index is 11.3. The largest absolute Gasteiger partial charge is 0.297 e. The standard InChI is InChI=1S/C15H24N2O2S/c1-12-6-7-13(2)14(9-12)10-17-8-4-5-15(11-17)16-20(3,18)19/h6-7,9,15-16H,4-5,8,10-11H2,1-3H3. The van der Waals surface area contributed by atoms with Gasteiger partial charge >= 0.3 is 0 Å². The lowest BCUT2D eigenvalue weighted by molar-refractivity contribution is 0.194. The first-order chi connectivity index (χ1) is 9.33. The highest BCUT2D eigenvalue weighted by molar-refractivity contribution is 7.88. The number of sulfonamides is 1. The molecule has 1 aliphatic rings. The van der Waals surface area contributed by atoms with Gasteiger partial charge in [-0.25, -0.2) is 13.1 Å². The number of hydrogen-bond acceptors (Lipinski definition) is 3. The van der Waals surface area contributed by atoms with Crippen LogP contribution in [0.15, 0.2) is 18.2 Å². The predicted molar refractivity (Wildman–Crippen MR) is 82.2 cm³/mol. The molecule has 0 aliphatic carbocycles. The lowest BCUT2D eigenvalue weighted by Gasteiger charge is -2.33. The van der Waals surface area contributed by atoms with Crippen LogP contribution in [-0.2, 0) is 16.6 Å². The van der Waals surface area contributed by atoms with E-state index < -0.39 is 10.0 Å². The summed E-state index contributed by atoms with van der Waals surface area (Å²) in [5.74, 6) is 0. The van der Waals surface area contributed by atoms with E-state index in [0.717, 1.165) is 32.5 Å². The van der Waals surface area contributed by atoms with Crippen LogP contribution in [0.3, 0.4) is 0 Å². The lowest BCUT2D eigenvalue weighted by atomic mass is 10.0. The average Bonchev–Trinajstić information content (AvgIpc) is 2.32. The molecule has 1 aromatic carbocycles. The van der Waals surface area contributed by atoms with Crippen molar-refractivity contribution in [3.63, 3.8) is 0 Å². The highest BCUT2D eigenvalue weighted by Gasteiger charge is 2.22. The van der Waals surface area contributed by atoms with Crippen molar-refractivity contribution in [2.75, 3.05) is 19.3 Å². The van der Waals surface area contributed by atoms with Gasteiger partial charge in [0, 0.05) is 19.1 Å². The van der Waals surface area contributed by atoms with Crippen LogP contribution in [0.25, 0.3) is 0 Å². The first kappa shape index (κ1) is 15.5. The summed E-state index contributed by atoms with van der Waals surface area (Å²) in [6.07, 6.45) is 3.20. The Morgan fingerprint density at radius 2 is 2.10 bits per heavy atom. The molecule has 0 saturated carbocycles. The van der Waals surface area contributed by atoms with Crippen LogP contribution in [0.4, 0.5) is 0 Å². The topological polar surface area (TPSA) is 49.4 Å². The number of benzene rings is 1. The maximum Gasteiger partial charge on any atom is 0.208 e. The summed E-state index contributed by atoms with van der Waals surface area (Å²) in [7, 11) is -3.11. The normalized spacial score (nSPS) is 21.1. The minimum Gasteiger partial charge on any atom is -0.297 e. The summed E-state index contributed by atoms with van der Waals surface area (Å²) < 4.78 is 25.4. The van der Waals surface area contributed by atoms with Crippen LogP contribution >= 0.6 is 0 Å². The van der Waals surface area contributed by atoms with Gasteiger partial charge in [0.2, 0.25) is 10.0 Å². The summed E-state index contributed by atoms with van der Waals surface area (Å²) in [5, 5.41) is 0. The number of aryl methyl sites for hydroxylation is 2. The molecule has 1 unspecified atom stereocenters. The van der Waals surface area contributed by atoms with Gasteiger partial charge in [-0.2, -0.15) is 0 Å². The third kappa shape index (κ3) is 4.58. The van der Waals surface area contributed by atoms with Gasteiger partial charge in [0.1, 0.15) is 0 Å². The van der Waals surface area contributed by atoms with E-state index >= 15 is 0 Å². The molecule has 1 atom stereocenters. The van der Waals surface area contributed by atoms with Crippen LogP contribution in [0.2, 0.25) is 0 Å². The van der Waals surface area contributed by atoms with Crippen molar-refractivity contribution in [2.45, 2.75) is 39.3 Å². The molecule has 0 amide bonds. The van der Waals surface area contributed by atoms with Gasteiger partial charge in [0.25, 0.3) is 0 Å². The van der Waals surface area contributed by atoms with Crippen LogP contribution < -0.4 is 4.72 Å². The Kier molecular flexibility index (Phi) is 4.83. The SMILES string of the molecule is Cc1ccc(C)c(CN2CCCC(NS(C)(=O)=O)C2)c1. The second-order valence-electron chi connectivity index (χ2n) is 5.89. The zero-order chi connectivity index (χ0) is 14.8. The zero-order valence-electron chi connectivity index (χ0n) is 12.5. The van der Waals surface area contributed by atoms with Crippen LogP contribution in [0.1, 0.15) is 29.5 Å². The number of nitrogens with one attached hydrogen (secondary N) is 1. The fourth-order valence-electron chi connectivity index (χ4n) is 2.81. The smallest absolute Gasteiger partial charge is 0.208 e. The fourth-order valence-corrected chi connectivity index (χ4v) is 3.61. The molecule has 1 aliphatic heterocycles. The van der Waals surface area contributed by atoms with Gasteiger partial charge < -0.3 is 0 Å². The maximum absolute atomic E-state index is 11.3. The number of likely N-dealkylation sites (tertiary alicyclic amines) is 1. The molecule has 2 rings (SSSR count). The lowest BCUT2D eigenvalue weighted by Crippen LogP contribution is -2.47. The molecule has 0 aromatic heterocycles. The van der Waals surface area contributed by atoms with Crippen molar-refractivity contribution in [2.24, 2.45) is 0 Å². The van der Waals surface area contributed by atoms with Crippen LogP contribution in [0, 0.1) is 13.8 Å². The molecule has 0 bridgehead atoms. The Balaban J connectivity index is 2.01. The van der Waals surface area contributed by atoms with Crippen LogP contribution in [-0.4, -0.2) is 38.7 Å². The molecule has 20 heavy (non-hydrogen) atoms. The van der Waals surface area contributed by atoms with Gasteiger partial charge in [-0.3, -0.25) is 4.90 Å². The average molecular weight is 296 g/mol. The molecular weight excluding hydrogens is 272 g/mol. The highest BCUT2D eigenvalue weighted by Crippen LogP contribution is 2.17. The molecule has 1 aromatic rings. The van der Waals surface area contributed by atoms with E-state index in [2.05, 4.69) is 41.7 Å². The van der Waals surface area contributed by atoms with E-state index in [1.54, 1.807) is 0 Å². The van der Waals surface area contributed by atoms with Crippen molar-refractivity contribution >= 4 is 10.0 Å². The Morgan fingerprint density at radius 3 is 2.80 bits per heavy atom. The van der Waals surface area contributed by atoms with Gasteiger partial charge in [-0.1, -0.05) is 23.8 Å². The van der Waals surface area contributed by atoms with Crippen molar-refractivity contribution in [1.82, 2.24) is 9.62 Å². The van der Waals surface area contributed by atoms with E-state index in [0.29, 0.717) is 0 Å². The Morgan fingerprint density at radius 1 is 1.35 bits per heavy atom. The van der Waals surface area contributed by atoms with Crippen LogP contribution in [0.5, 0.6) is 0 Å². The summed E-state index contributed by atoms with van der Waals surface area (Å²) in [6, 6.07) is 6.55. The summed E-state index contributed by atoms with van der Waals surface area (Å²) in [6.45, 7) is 6.96. The summed E-state index contributed by atoms with van der Waals surface area (Å²) in [5.41, 5.74) is 3.91. The minimum absolute atomic E-state index is 0.0452. The fraction of sp³-hybridized carbons (Fsp3) is 0.600. The molecule has 0 radical (unpaired) electrons. The molecule has 112 valence electrons. The molecule has 1 fully saturated rings. The van der Waals surface area contributed by atoms with Crippen molar-refractivity contribution < 1.29 is 8.42 Å². The molecular formula is C15H24N2O2S. The molecule has 4 nitrogen and oxygen atoms in total. The monoisotopic (exact) mass is 296 g/mol. The number of nitrogens with zero attached hydrogens (tertiary/aromatic N) is 1. The molecule has 0 spiro atoms. The van der Waals surface area contributed by atoms with Crippen molar-refractivity contribution in [1.29, 1.82) is 0 Å². The second-order valence-corrected chi connectivity index (χ2v) is 7.67. The quantitative estimate of drug-likeness (QED) is 0.922. The minimum atomic E-state index is -3.11. The van der Waals surface area contributed by atoms with E-state index in [-0.39, 0.29) is 6.04 Å². The van der Waals surface area contributed by atoms with Gasteiger partial charge in [0.05, 0.1) is 6.26 Å². The Bertz CT molecular complexity index is 569. The summed E-state index contributed by atoms with van der Waals surface area (Å²) >= 11 is 0. The summed E-state index contributed by atoms with van der Waals surface area (Å²) in [4.78, 5) is 2.34. The predicted octanol–water partition coefficient (Wildman–Crippen LogP) is 1.82. The molecule has 5 heteroatoms. The zero-order valence-corrected chi connectivity index (χ0v) is 13.3. The van der Waals surface area contributed by atoms with E-state index in [1.165, 1.54) is 22.9 Å². The Hall–Kier alpha value is -0.910. The number of rotatable bonds is 4. The van der Waals surface area contributed by atoms with Gasteiger partial charge in [-0.05, 0) is 44.4 Å². The van der Waals surface area contributed by atoms with E-state index in [4.69, 9.17) is 0 Å². The van der Waals surface area contributed by atoms with Gasteiger partial charge in [-0.15, -0.1) is 0 Å². The molecule has 1 saturated heterocycles. The molecule has 1 heterocycles. The van der Waals surface area contributed by atoms with Crippen molar-refractivity contribution in [3.8, 4) is 0 Å². The van der Waals surface area contributed by atoms with E-state index in [1.807, 2.05) is 0 Å². The van der Waals surface area contributed by atoms with Gasteiger partial charge in [0.15, 0.2) is 0 Å². The third-order valence-corrected chi connectivity index (χ3v) is 4.55.